The number of halogens is 1. The summed E-state index contributed by atoms with van der Waals surface area (Å²) in [4.78, 5) is 4.74. The summed E-state index contributed by atoms with van der Waals surface area (Å²) in [5, 5.41) is 15.5. The molecule has 0 radical (unpaired) electrons. The lowest BCUT2D eigenvalue weighted by molar-refractivity contribution is 0.322. The number of hydrogen-bond donors (Lipinski definition) is 2. The number of guanidine groups is 1. The van der Waals surface area contributed by atoms with Crippen LogP contribution in [0.2, 0.25) is 0 Å². The van der Waals surface area contributed by atoms with Crippen molar-refractivity contribution in [2.45, 2.75) is 90.8 Å². The number of aliphatic imine (C=N–C) groups is 1. The lowest BCUT2D eigenvalue weighted by atomic mass is 9.85. The van der Waals surface area contributed by atoms with Crippen LogP contribution in [0, 0.1) is 5.92 Å². The Balaban J connectivity index is 0.00000243. The first-order valence-electron chi connectivity index (χ1n) is 10.2. The summed E-state index contributed by atoms with van der Waals surface area (Å²) in [5.41, 5.74) is 0. The van der Waals surface area contributed by atoms with Gasteiger partial charge in [0.25, 0.3) is 0 Å². The summed E-state index contributed by atoms with van der Waals surface area (Å²) in [6.07, 6.45) is 11.9. The van der Waals surface area contributed by atoms with Gasteiger partial charge in [0, 0.05) is 25.6 Å². The standard InChI is InChI=1S/C19H34N6.HI/c1-3-20-19(21-14-18-24-23-17-10-7-13-25(17)18)22-15(2)11-12-16-8-5-4-6-9-16;/h15-16H,3-14H2,1-2H3,(H2,20,21,22);1H. The zero-order valence-corrected chi connectivity index (χ0v) is 18.7. The number of nitrogens with zero attached hydrogens (tertiary/aromatic N) is 4. The highest BCUT2D eigenvalue weighted by Crippen LogP contribution is 2.27. The van der Waals surface area contributed by atoms with Gasteiger partial charge in [0.1, 0.15) is 12.4 Å². The van der Waals surface area contributed by atoms with Gasteiger partial charge in [-0.15, -0.1) is 34.2 Å². The van der Waals surface area contributed by atoms with Crippen LogP contribution in [-0.2, 0) is 19.5 Å². The molecule has 1 aliphatic carbocycles. The first-order chi connectivity index (χ1) is 12.3. The molecule has 7 heteroatoms. The van der Waals surface area contributed by atoms with E-state index in [1.165, 1.54) is 51.4 Å². The third-order valence-electron chi connectivity index (χ3n) is 5.52. The van der Waals surface area contributed by atoms with Gasteiger partial charge in [-0.25, -0.2) is 4.99 Å². The summed E-state index contributed by atoms with van der Waals surface area (Å²) >= 11 is 0. The molecule has 1 saturated carbocycles. The third-order valence-corrected chi connectivity index (χ3v) is 5.52. The van der Waals surface area contributed by atoms with Crippen LogP contribution in [0.1, 0.15) is 76.9 Å². The van der Waals surface area contributed by atoms with Crippen molar-refractivity contribution in [1.82, 2.24) is 25.4 Å². The van der Waals surface area contributed by atoms with Crippen LogP contribution in [-0.4, -0.2) is 33.3 Å². The van der Waals surface area contributed by atoms with Crippen molar-refractivity contribution < 1.29 is 0 Å². The fourth-order valence-electron chi connectivity index (χ4n) is 4.06. The molecule has 148 valence electrons. The summed E-state index contributed by atoms with van der Waals surface area (Å²) in [6.45, 7) is 6.88. The van der Waals surface area contributed by atoms with Crippen LogP contribution in [0.4, 0.5) is 0 Å². The zero-order valence-electron chi connectivity index (χ0n) is 16.3. The Bertz CT molecular complexity index is 564. The van der Waals surface area contributed by atoms with E-state index in [0.717, 1.165) is 43.0 Å². The molecule has 0 aromatic carbocycles. The second-order valence-electron chi connectivity index (χ2n) is 7.61. The van der Waals surface area contributed by atoms with Crippen molar-refractivity contribution >= 4 is 29.9 Å². The van der Waals surface area contributed by atoms with Gasteiger partial charge in [0.2, 0.25) is 0 Å². The van der Waals surface area contributed by atoms with Gasteiger partial charge < -0.3 is 15.2 Å². The molecular formula is C19H35IN6. The Labute approximate surface area is 175 Å². The molecular weight excluding hydrogens is 439 g/mol. The second kappa shape index (κ2) is 11.1. The number of fused-ring (bicyclic) bond motifs is 1. The molecule has 1 fully saturated rings. The largest absolute Gasteiger partial charge is 0.357 e. The molecule has 2 aliphatic rings. The molecule has 1 aromatic heterocycles. The molecule has 1 unspecified atom stereocenters. The first-order valence-corrected chi connectivity index (χ1v) is 10.2. The van der Waals surface area contributed by atoms with E-state index in [0.29, 0.717) is 12.6 Å². The fourth-order valence-corrected chi connectivity index (χ4v) is 4.06. The summed E-state index contributed by atoms with van der Waals surface area (Å²) in [7, 11) is 0. The van der Waals surface area contributed by atoms with E-state index in [2.05, 4.69) is 39.2 Å². The highest BCUT2D eigenvalue weighted by molar-refractivity contribution is 14.0. The average Bonchev–Trinajstić information content (AvgIpc) is 3.23. The van der Waals surface area contributed by atoms with Crippen LogP contribution < -0.4 is 10.6 Å². The molecule has 2 N–H and O–H groups in total. The van der Waals surface area contributed by atoms with E-state index in [4.69, 9.17) is 4.99 Å². The van der Waals surface area contributed by atoms with Gasteiger partial charge in [0.15, 0.2) is 11.8 Å². The van der Waals surface area contributed by atoms with Crippen LogP contribution in [0.3, 0.4) is 0 Å². The summed E-state index contributed by atoms with van der Waals surface area (Å²) < 4.78 is 2.22. The SMILES string of the molecule is CCNC(=NCc1nnc2n1CCC2)NC(C)CCC1CCCCC1.I. The van der Waals surface area contributed by atoms with E-state index >= 15 is 0 Å². The molecule has 3 rings (SSSR count). The van der Waals surface area contributed by atoms with Gasteiger partial charge in [-0.05, 0) is 39.0 Å². The average molecular weight is 474 g/mol. The number of aryl methyl sites for hydroxylation is 1. The molecule has 0 saturated heterocycles. The van der Waals surface area contributed by atoms with Crippen molar-refractivity contribution in [3.05, 3.63) is 11.6 Å². The Hall–Kier alpha value is -0.860. The van der Waals surface area contributed by atoms with Crippen molar-refractivity contribution in [2.75, 3.05) is 6.54 Å². The minimum absolute atomic E-state index is 0. The van der Waals surface area contributed by atoms with E-state index in [9.17, 15) is 0 Å². The predicted molar refractivity (Wildman–Crippen MR) is 117 cm³/mol. The molecule has 1 aromatic rings. The quantitative estimate of drug-likeness (QED) is 0.360. The van der Waals surface area contributed by atoms with Gasteiger partial charge in [-0.1, -0.05) is 32.1 Å². The van der Waals surface area contributed by atoms with Crippen molar-refractivity contribution in [1.29, 1.82) is 0 Å². The lowest BCUT2D eigenvalue weighted by Gasteiger charge is -2.24. The minimum atomic E-state index is 0. The summed E-state index contributed by atoms with van der Waals surface area (Å²) in [5.74, 6) is 3.94. The lowest BCUT2D eigenvalue weighted by Crippen LogP contribution is -2.42. The topological polar surface area (TPSA) is 67.1 Å². The fraction of sp³-hybridized carbons (Fsp3) is 0.842. The van der Waals surface area contributed by atoms with Crippen LogP contribution in [0.5, 0.6) is 0 Å². The van der Waals surface area contributed by atoms with E-state index < -0.39 is 0 Å². The van der Waals surface area contributed by atoms with Gasteiger partial charge in [-0.3, -0.25) is 0 Å². The van der Waals surface area contributed by atoms with Gasteiger partial charge in [-0.2, -0.15) is 0 Å². The van der Waals surface area contributed by atoms with Crippen LogP contribution in [0.15, 0.2) is 4.99 Å². The Morgan fingerprint density at radius 3 is 2.81 bits per heavy atom. The first kappa shape index (κ1) is 21.4. The third kappa shape index (κ3) is 6.09. The van der Waals surface area contributed by atoms with Crippen LogP contribution >= 0.6 is 24.0 Å². The highest BCUT2D eigenvalue weighted by Gasteiger charge is 2.17. The van der Waals surface area contributed by atoms with E-state index in [1.807, 2.05) is 0 Å². The molecule has 6 nitrogen and oxygen atoms in total. The van der Waals surface area contributed by atoms with Crippen molar-refractivity contribution in [3.8, 4) is 0 Å². The van der Waals surface area contributed by atoms with Crippen LogP contribution in [0.25, 0.3) is 0 Å². The molecule has 26 heavy (non-hydrogen) atoms. The molecule has 0 amide bonds. The minimum Gasteiger partial charge on any atom is -0.357 e. The maximum atomic E-state index is 4.74. The van der Waals surface area contributed by atoms with Crippen molar-refractivity contribution in [2.24, 2.45) is 10.9 Å². The number of aromatic nitrogens is 3. The normalized spacial score (nSPS) is 18.9. The number of rotatable bonds is 7. The maximum absolute atomic E-state index is 4.74. The van der Waals surface area contributed by atoms with Crippen molar-refractivity contribution in [3.63, 3.8) is 0 Å². The zero-order chi connectivity index (χ0) is 17.5. The van der Waals surface area contributed by atoms with Gasteiger partial charge in [0.05, 0.1) is 0 Å². The smallest absolute Gasteiger partial charge is 0.191 e. The van der Waals surface area contributed by atoms with E-state index in [1.54, 1.807) is 0 Å². The molecule has 1 aliphatic heterocycles. The molecule has 0 spiro atoms. The molecule has 1 atom stereocenters. The number of hydrogen-bond acceptors (Lipinski definition) is 3. The number of nitrogens with one attached hydrogen (secondary N) is 2. The predicted octanol–water partition coefficient (Wildman–Crippen LogP) is 3.65. The molecule has 0 bridgehead atoms. The maximum Gasteiger partial charge on any atom is 0.191 e. The van der Waals surface area contributed by atoms with Gasteiger partial charge >= 0.3 is 0 Å². The second-order valence-corrected chi connectivity index (χ2v) is 7.61. The Morgan fingerprint density at radius 1 is 1.23 bits per heavy atom. The monoisotopic (exact) mass is 474 g/mol. The molecule has 2 heterocycles. The highest BCUT2D eigenvalue weighted by atomic mass is 127. The summed E-state index contributed by atoms with van der Waals surface area (Å²) in [6, 6.07) is 0.448. The Morgan fingerprint density at radius 2 is 2.04 bits per heavy atom. The van der Waals surface area contributed by atoms with E-state index in [-0.39, 0.29) is 24.0 Å². The Kier molecular flexibility index (Phi) is 9.15.